The molecule has 0 amide bonds. The fourth-order valence-corrected chi connectivity index (χ4v) is 3.74. The second kappa shape index (κ2) is 7.22. The van der Waals surface area contributed by atoms with Crippen molar-refractivity contribution in [1.29, 1.82) is 0 Å². The molecule has 1 aromatic carbocycles. The molecule has 0 atom stereocenters. The van der Waals surface area contributed by atoms with E-state index in [4.69, 9.17) is 21.2 Å². The summed E-state index contributed by atoms with van der Waals surface area (Å²) in [7, 11) is 0. The van der Waals surface area contributed by atoms with E-state index in [1.165, 1.54) is 0 Å². The lowest BCUT2D eigenvalue weighted by atomic mass is 9.91. The molecule has 2 aromatic heterocycles. The van der Waals surface area contributed by atoms with Gasteiger partial charge in [0.05, 0.1) is 18.4 Å². The quantitative estimate of drug-likeness (QED) is 0.607. The van der Waals surface area contributed by atoms with Crippen LogP contribution in [0.15, 0.2) is 28.8 Å². The molecule has 1 aliphatic carbocycles. The Morgan fingerprint density at radius 1 is 1.38 bits per heavy atom. The van der Waals surface area contributed by atoms with Gasteiger partial charge in [-0.05, 0) is 49.1 Å². The lowest BCUT2D eigenvalue weighted by Crippen LogP contribution is -2.12. The first-order valence-corrected chi connectivity index (χ1v) is 9.37. The van der Waals surface area contributed by atoms with Crippen LogP contribution in [0.5, 0.6) is 0 Å². The van der Waals surface area contributed by atoms with Crippen LogP contribution in [0.4, 0.5) is 8.78 Å². The third-order valence-corrected chi connectivity index (χ3v) is 5.33. The summed E-state index contributed by atoms with van der Waals surface area (Å²) in [4.78, 5) is 15.2. The Kier molecular flexibility index (Phi) is 4.85. The fourth-order valence-electron chi connectivity index (χ4n) is 3.52. The predicted molar refractivity (Wildman–Crippen MR) is 98.9 cm³/mol. The summed E-state index contributed by atoms with van der Waals surface area (Å²) in [6, 6.07) is 6.77. The maximum Gasteiger partial charge on any atom is 0.305 e. The molecule has 0 radical (unpaired) electrons. The van der Waals surface area contributed by atoms with Gasteiger partial charge in [-0.3, -0.25) is 9.48 Å². The molecule has 29 heavy (non-hydrogen) atoms. The number of hydrogen-bond acceptors (Lipinski definition) is 5. The number of aryl methyl sites for hydroxylation is 2. The third-order valence-electron chi connectivity index (χ3n) is 5.10. The van der Waals surface area contributed by atoms with Crippen LogP contribution in [0.3, 0.4) is 0 Å². The van der Waals surface area contributed by atoms with Crippen LogP contribution in [0.25, 0.3) is 11.6 Å². The lowest BCUT2D eigenvalue weighted by Gasteiger charge is -2.14. The first-order chi connectivity index (χ1) is 13.8. The molecule has 1 saturated carbocycles. The molecule has 0 saturated heterocycles. The van der Waals surface area contributed by atoms with Crippen molar-refractivity contribution in [3.63, 3.8) is 0 Å². The van der Waals surface area contributed by atoms with Crippen molar-refractivity contribution in [3.8, 4) is 11.6 Å². The molecule has 7 nitrogen and oxygen atoms in total. The van der Waals surface area contributed by atoms with Gasteiger partial charge in [0.2, 0.25) is 0 Å². The minimum Gasteiger partial charge on any atom is -0.481 e. The van der Waals surface area contributed by atoms with Gasteiger partial charge in [0, 0.05) is 5.02 Å². The van der Waals surface area contributed by atoms with E-state index < -0.39 is 18.1 Å². The number of benzene rings is 1. The second-order valence-electron chi connectivity index (χ2n) is 7.09. The van der Waals surface area contributed by atoms with E-state index >= 15 is 0 Å². The average Bonchev–Trinajstić information content (AvgIpc) is 3.12. The summed E-state index contributed by atoms with van der Waals surface area (Å²) in [6.07, 6.45) is -1.46. The second-order valence-corrected chi connectivity index (χ2v) is 7.52. The van der Waals surface area contributed by atoms with Gasteiger partial charge in [0.15, 0.2) is 11.5 Å². The highest BCUT2D eigenvalue weighted by Gasteiger charge is 2.50. The normalized spacial score (nSPS) is 15.1. The van der Waals surface area contributed by atoms with Crippen molar-refractivity contribution in [2.45, 2.75) is 44.6 Å². The summed E-state index contributed by atoms with van der Waals surface area (Å²) >= 11 is 6.05. The topological polar surface area (TPSA) is 94.0 Å². The van der Waals surface area contributed by atoms with Gasteiger partial charge in [0.25, 0.3) is 12.3 Å². The Hall–Kier alpha value is -2.81. The molecular formula is C19H17ClF2N4O3. The molecule has 1 N–H and O–H groups in total. The van der Waals surface area contributed by atoms with Crippen LogP contribution in [0.1, 0.15) is 48.3 Å². The molecule has 0 unspecified atom stereocenters. The molecule has 3 aromatic rings. The van der Waals surface area contributed by atoms with E-state index in [1.807, 2.05) is 25.1 Å². The standard InChI is InChI=1S/C19H17ClF2N4O3/c1-10-8-11(20)2-3-12(10)19(5-6-19)18-23-17(29-25-18)13-9-14(16(21)22)26(24-13)7-4-15(27)28/h2-3,8-9,16H,4-7H2,1H3,(H,27,28). The van der Waals surface area contributed by atoms with E-state index in [0.717, 1.165) is 34.7 Å². The zero-order valence-corrected chi connectivity index (χ0v) is 16.2. The van der Waals surface area contributed by atoms with Crippen molar-refractivity contribution in [2.75, 3.05) is 0 Å². The van der Waals surface area contributed by atoms with Crippen LogP contribution < -0.4 is 0 Å². The summed E-state index contributed by atoms with van der Waals surface area (Å²) in [5.41, 5.74) is 1.38. The van der Waals surface area contributed by atoms with Crippen molar-refractivity contribution < 1.29 is 23.2 Å². The zero-order valence-electron chi connectivity index (χ0n) is 15.4. The maximum atomic E-state index is 13.3. The molecule has 0 bridgehead atoms. The van der Waals surface area contributed by atoms with Crippen LogP contribution in [-0.2, 0) is 16.8 Å². The highest BCUT2D eigenvalue weighted by molar-refractivity contribution is 6.30. The largest absolute Gasteiger partial charge is 0.481 e. The Morgan fingerprint density at radius 3 is 2.76 bits per heavy atom. The Bertz CT molecular complexity index is 1080. The highest BCUT2D eigenvalue weighted by Crippen LogP contribution is 2.53. The lowest BCUT2D eigenvalue weighted by molar-refractivity contribution is -0.137. The molecule has 4 rings (SSSR count). The Morgan fingerprint density at radius 2 is 2.14 bits per heavy atom. The van der Waals surface area contributed by atoms with Crippen molar-refractivity contribution in [2.24, 2.45) is 0 Å². The van der Waals surface area contributed by atoms with E-state index in [2.05, 4.69) is 15.2 Å². The first-order valence-electron chi connectivity index (χ1n) is 8.99. The molecule has 2 heterocycles. The molecule has 1 aliphatic rings. The number of aliphatic carboxylic acids is 1. The molecular weight excluding hydrogens is 406 g/mol. The number of aromatic nitrogens is 4. The molecule has 0 aliphatic heterocycles. The van der Waals surface area contributed by atoms with Gasteiger partial charge >= 0.3 is 5.97 Å². The SMILES string of the molecule is Cc1cc(Cl)ccc1C1(c2noc(-c3cc(C(F)F)n(CCC(=O)O)n3)n2)CC1. The summed E-state index contributed by atoms with van der Waals surface area (Å²) in [6.45, 7) is 1.78. The Balaban J connectivity index is 1.66. The van der Waals surface area contributed by atoms with Gasteiger partial charge in [-0.2, -0.15) is 10.1 Å². The van der Waals surface area contributed by atoms with E-state index in [1.54, 1.807) is 0 Å². The molecule has 10 heteroatoms. The van der Waals surface area contributed by atoms with Gasteiger partial charge in [-0.15, -0.1) is 0 Å². The van der Waals surface area contributed by atoms with Gasteiger partial charge in [-0.25, -0.2) is 8.78 Å². The third kappa shape index (κ3) is 3.62. The van der Waals surface area contributed by atoms with Crippen LogP contribution in [0.2, 0.25) is 5.02 Å². The van der Waals surface area contributed by atoms with Crippen LogP contribution in [-0.4, -0.2) is 31.0 Å². The minimum atomic E-state index is -2.81. The van der Waals surface area contributed by atoms with E-state index in [-0.39, 0.29) is 30.0 Å². The van der Waals surface area contributed by atoms with Crippen LogP contribution >= 0.6 is 11.6 Å². The smallest absolute Gasteiger partial charge is 0.305 e. The van der Waals surface area contributed by atoms with Crippen LogP contribution in [0, 0.1) is 6.92 Å². The predicted octanol–water partition coefficient (Wildman–Crippen LogP) is 4.39. The van der Waals surface area contributed by atoms with Gasteiger partial charge in [-0.1, -0.05) is 22.8 Å². The fraction of sp³-hybridized carbons (Fsp3) is 0.368. The number of carbonyl (C=O) groups is 1. The molecule has 152 valence electrons. The zero-order chi connectivity index (χ0) is 20.8. The number of carboxylic acid groups (broad SMARTS) is 1. The average molecular weight is 423 g/mol. The van der Waals surface area contributed by atoms with Gasteiger partial charge in [0.1, 0.15) is 5.69 Å². The monoisotopic (exact) mass is 422 g/mol. The first kappa shape index (κ1) is 19.5. The maximum absolute atomic E-state index is 13.3. The van der Waals surface area contributed by atoms with E-state index in [9.17, 15) is 13.6 Å². The minimum absolute atomic E-state index is 0.0221. The van der Waals surface area contributed by atoms with Gasteiger partial charge < -0.3 is 9.63 Å². The van der Waals surface area contributed by atoms with E-state index in [0.29, 0.717) is 10.8 Å². The summed E-state index contributed by atoms with van der Waals surface area (Å²) in [5.74, 6) is -0.609. The number of rotatable bonds is 7. The summed E-state index contributed by atoms with van der Waals surface area (Å²) in [5, 5.41) is 17.6. The Labute approximate surface area is 169 Å². The van der Waals surface area contributed by atoms with Crippen molar-refractivity contribution in [3.05, 3.63) is 51.9 Å². The molecule has 1 fully saturated rings. The molecule has 0 spiro atoms. The number of nitrogens with zero attached hydrogens (tertiary/aromatic N) is 4. The van der Waals surface area contributed by atoms with Crippen molar-refractivity contribution >= 4 is 17.6 Å². The summed E-state index contributed by atoms with van der Waals surface area (Å²) < 4.78 is 32.9. The highest BCUT2D eigenvalue weighted by atomic mass is 35.5. The number of carboxylic acids is 1. The van der Waals surface area contributed by atoms with Crippen molar-refractivity contribution in [1.82, 2.24) is 19.9 Å². The number of hydrogen-bond donors (Lipinski definition) is 1. The number of alkyl halides is 2. The number of halogens is 3.